The zero-order valence-corrected chi connectivity index (χ0v) is 13.5. The highest BCUT2D eigenvalue weighted by Crippen LogP contribution is 2.21. The number of piperazine rings is 1. The van der Waals surface area contributed by atoms with Gasteiger partial charge in [-0.2, -0.15) is 0 Å². The summed E-state index contributed by atoms with van der Waals surface area (Å²) in [5.41, 5.74) is 5.32. The predicted octanol–water partition coefficient (Wildman–Crippen LogP) is -0.737. The van der Waals surface area contributed by atoms with Crippen LogP contribution in [0.4, 0.5) is 0 Å². The largest absolute Gasteiger partial charge is 0.368 e. The van der Waals surface area contributed by atoms with Crippen molar-refractivity contribution >= 4 is 17.7 Å². The van der Waals surface area contributed by atoms with E-state index in [-0.39, 0.29) is 29.7 Å². The molecule has 7 nitrogen and oxygen atoms in total. The first-order valence-electron chi connectivity index (χ1n) is 7.98. The number of carbonyl (C=O) groups excluding carboxylic acids is 3. The quantitative estimate of drug-likeness (QED) is 0.744. The van der Waals surface area contributed by atoms with Crippen molar-refractivity contribution in [2.75, 3.05) is 39.3 Å². The van der Waals surface area contributed by atoms with E-state index in [4.69, 9.17) is 5.73 Å². The summed E-state index contributed by atoms with van der Waals surface area (Å²) >= 11 is 0. The molecule has 0 saturated carbocycles. The van der Waals surface area contributed by atoms with Crippen molar-refractivity contribution in [3.05, 3.63) is 0 Å². The maximum atomic E-state index is 12.6. The molecule has 1 unspecified atom stereocenters. The van der Waals surface area contributed by atoms with Gasteiger partial charge in [0.05, 0.1) is 6.04 Å². The molecule has 2 aliphatic rings. The number of nitrogens with zero attached hydrogens (tertiary/aromatic N) is 3. The Balaban J connectivity index is 1.81. The van der Waals surface area contributed by atoms with Gasteiger partial charge in [-0.1, -0.05) is 0 Å². The van der Waals surface area contributed by atoms with E-state index in [1.54, 1.807) is 18.7 Å². The SMILES string of the molecule is CC(=O)N1CCC(C(=O)N2CCN(C(C)C(N)=O)CC2)CC1. The summed E-state index contributed by atoms with van der Waals surface area (Å²) in [7, 11) is 0. The summed E-state index contributed by atoms with van der Waals surface area (Å²) in [5, 5.41) is 0. The lowest BCUT2D eigenvalue weighted by Gasteiger charge is -2.39. The van der Waals surface area contributed by atoms with Crippen molar-refractivity contribution in [1.82, 2.24) is 14.7 Å². The molecule has 2 fully saturated rings. The topological polar surface area (TPSA) is 87.0 Å². The molecule has 3 amide bonds. The Bertz CT molecular complexity index is 438. The van der Waals surface area contributed by atoms with Gasteiger partial charge in [0.15, 0.2) is 0 Å². The van der Waals surface area contributed by atoms with Crippen LogP contribution < -0.4 is 5.73 Å². The van der Waals surface area contributed by atoms with Crippen LogP contribution in [0.5, 0.6) is 0 Å². The van der Waals surface area contributed by atoms with Gasteiger partial charge >= 0.3 is 0 Å². The van der Waals surface area contributed by atoms with Gasteiger partial charge in [0.2, 0.25) is 17.7 Å². The predicted molar refractivity (Wildman–Crippen MR) is 81.8 cm³/mol. The van der Waals surface area contributed by atoms with Gasteiger partial charge in [-0.15, -0.1) is 0 Å². The third-order valence-corrected chi connectivity index (χ3v) is 4.87. The lowest BCUT2D eigenvalue weighted by Crippen LogP contribution is -2.55. The summed E-state index contributed by atoms with van der Waals surface area (Å²) in [6.45, 7) is 7.37. The van der Waals surface area contributed by atoms with Gasteiger partial charge in [0, 0.05) is 52.1 Å². The number of primary amides is 1. The first-order chi connectivity index (χ1) is 10.4. The van der Waals surface area contributed by atoms with Crippen LogP contribution in [0.15, 0.2) is 0 Å². The molecule has 0 aromatic heterocycles. The molecule has 0 aromatic carbocycles. The highest BCUT2D eigenvalue weighted by Gasteiger charge is 2.32. The van der Waals surface area contributed by atoms with E-state index in [0.717, 1.165) is 12.8 Å². The molecule has 0 aliphatic carbocycles. The summed E-state index contributed by atoms with van der Waals surface area (Å²) in [4.78, 5) is 40.8. The molecule has 0 aromatic rings. The number of hydrogen-bond acceptors (Lipinski definition) is 4. The molecule has 0 radical (unpaired) electrons. The number of amides is 3. The summed E-state index contributed by atoms with van der Waals surface area (Å²) < 4.78 is 0. The van der Waals surface area contributed by atoms with E-state index in [2.05, 4.69) is 0 Å². The van der Waals surface area contributed by atoms with Crippen molar-refractivity contribution in [2.45, 2.75) is 32.7 Å². The van der Waals surface area contributed by atoms with Gasteiger partial charge in [0.1, 0.15) is 0 Å². The molecule has 0 spiro atoms. The highest BCUT2D eigenvalue weighted by molar-refractivity contribution is 5.80. The average molecular weight is 310 g/mol. The second kappa shape index (κ2) is 7.09. The van der Waals surface area contributed by atoms with E-state index in [1.165, 1.54) is 0 Å². The van der Waals surface area contributed by atoms with E-state index in [0.29, 0.717) is 39.3 Å². The average Bonchev–Trinajstić information content (AvgIpc) is 2.53. The van der Waals surface area contributed by atoms with Crippen molar-refractivity contribution < 1.29 is 14.4 Å². The van der Waals surface area contributed by atoms with E-state index in [9.17, 15) is 14.4 Å². The highest BCUT2D eigenvalue weighted by atomic mass is 16.2. The molecular formula is C15H26N4O3. The zero-order chi connectivity index (χ0) is 16.3. The fourth-order valence-corrected chi connectivity index (χ4v) is 3.21. The Morgan fingerprint density at radius 1 is 0.955 bits per heavy atom. The van der Waals surface area contributed by atoms with E-state index in [1.807, 2.05) is 9.80 Å². The van der Waals surface area contributed by atoms with Crippen molar-refractivity contribution in [1.29, 1.82) is 0 Å². The van der Waals surface area contributed by atoms with Crippen LogP contribution in [-0.4, -0.2) is 77.7 Å². The van der Waals surface area contributed by atoms with Crippen LogP contribution in [0, 0.1) is 5.92 Å². The van der Waals surface area contributed by atoms with Crippen LogP contribution in [0.3, 0.4) is 0 Å². The fraction of sp³-hybridized carbons (Fsp3) is 0.800. The minimum absolute atomic E-state index is 0.0238. The van der Waals surface area contributed by atoms with Crippen LogP contribution in [0.2, 0.25) is 0 Å². The number of nitrogens with two attached hydrogens (primary N) is 1. The molecule has 22 heavy (non-hydrogen) atoms. The normalized spacial score (nSPS) is 22.5. The van der Waals surface area contributed by atoms with Gasteiger partial charge < -0.3 is 15.5 Å². The van der Waals surface area contributed by atoms with Gasteiger partial charge in [-0.05, 0) is 19.8 Å². The molecule has 2 saturated heterocycles. The van der Waals surface area contributed by atoms with Crippen LogP contribution in [0.25, 0.3) is 0 Å². The lowest BCUT2D eigenvalue weighted by molar-refractivity contribution is -0.142. The smallest absolute Gasteiger partial charge is 0.234 e. The maximum Gasteiger partial charge on any atom is 0.234 e. The lowest BCUT2D eigenvalue weighted by atomic mass is 9.95. The first-order valence-corrected chi connectivity index (χ1v) is 7.98. The maximum absolute atomic E-state index is 12.6. The van der Waals surface area contributed by atoms with Crippen LogP contribution in [-0.2, 0) is 14.4 Å². The minimum Gasteiger partial charge on any atom is -0.368 e. The fourth-order valence-electron chi connectivity index (χ4n) is 3.21. The molecule has 2 aliphatic heterocycles. The Morgan fingerprint density at radius 2 is 1.50 bits per heavy atom. The molecule has 2 heterocycles. The number of carbonyl (C=O) groups is 3. The zero-order valence-electron chi connectivity index (χ0n) is 13.5. The Kier molecular flexibility index (Phi) is 5.39. The number of likely N-dealkylation sites (tertiary alicyclic amines) is 1. The van der Waals surface area contributed by atoms with Gasteiger partial charge in [-0.25, -0.2) is 0 Å². The van der Waals surface area contributed by atoms with Crippen LogP contribution in [0.1, 0.15) is 26.7 Å². The Labute approximate surface area is 131 Å². The first kappa shape index (κ1) is 16.7. The van der Waals surface area contributed by atoms with Gasteiger partial charge in [0.25, 0.3) is 0 Å². The molecule has 2 rings (SSSR count). The Hall–Kier alpha value is -1.63. The second-order valence-electron chi connectivity index (χ2n) is 6.22. The summed E-state index contributed by atoms with van der Waals surface area (Å²) in [5.74, 6) is -0.0263. The number of rotatable bonds is 3. The van der Waals surface area contributed by atoms with E-state index >= 15 is 0 Å². The third-order valence-electron chi connectivity index (χ3n) is 4.87. The second-order valence-corrected chi connectivity index (χ2v) is 6.22. The minimum atomic E-state index is -0.323. The standard InChI is InChI=1S/C15H26N4O3/c1-11(14(16)21)17-7-9-19(10-8-17)15(22)13-3-5-18(6-4-13)12(2)20/h11,13H,3-10H2,1-2H3,(H2,16,21). The molecule has 124 valence electrons. The summed E-state index contributed by atoms with van der Waals surface area (Å²) in [6, 6.07) is -0.281. The molecular weight excluding hydrogens is 284 g/mol. The van der Waals surface area contributed by atoms with E-state index < -0.39 is 0 Å². The van der Waals surface area contributed by atoms with Crippen molar-refractivity contribution in [3.8, 4) is 0 Å². The number of hydrogen-bond donors (Lipinski definition) is 1. The van der Waals surface area contributed by atoms with Crippen molar-refractivity contribution in [2.24, 2.45) is 11.7 Å². The van der Waals surface area contributed by atoms with Crippen molar-refractivity contribution in [3.63, 3.8) is 0 Å². The molecule has 2 N–H and O–H groups in total. The third kappa shape index (κ3) is 3.76. The molecule has 0 bridgehead atoms. The molecule has 7 heteroatoms. The monoisotopic (exact) mass is 310 g/mol. The Morgan fingerprint density at radius 3 is 1.95 bits per heavy atom. The summed E-state index contributed by atoms with van der Waals surface area (Å²) in [6.07, 6.45) is 1.49. The van der Waals surface area contributed by atoms with Gasteiger partial charge in [-0.3, -0.25) is 19.3 Å². The van der Waals surface area contributed by atoms with Crippen LogP contribution >= 0.6 is 0 Å². The number of piperidine rings is 1. The molecule has 1 atom stereocenters.